The monoisotopic (exact) mass is 278 g/mol. The third kappa shape index (κ3) is 3.02. The van der Waals surface area contributed by atoms with Crippen molar-refractivity contribution in [2.75, 3.05) is 10.6 Å². The standard InChI is InChI=1S/C11H10N4OS2/c12-10(17)14-8-4-2-1-3-7(8)9(16)15-11-13-5-6-18-11/h1-6H,(H3,12,14,17)(H,13,15,16). The molecule has 0 unspecified atom stereocenters. The van der Waals surface area contributed by atoms with E-state index in [1.165, 1.54) is 11.3 Å². The molecule has 0 saturated carbocycles. The highest BCUT2D eigenvalue weighted by Crippen LogP contribution is 2.18. The van der Waals surface area contributed by atoms with Crippen molar-refractivity contribution < 1.29 is 4.79 Å². The Morgan fingerprint density at radius 2 is 2.11 bits per heavy atom. The van der Waals surface area contributed by atoms with E-state index in [2.05, 4.69) is 15.6 Å². The largest absolute Gasteiger partial charge is 0.376 e. The van der Waals surface area contributed by atoms with Crippen LogP contribution in [-0.2, 0) is 0 Å². The second-order valence-corrected chi connectivity index (χ2v) is 4.66. The van der Waals surface area contributed by atoms with Crippen molar-refractivity contribution in [2.24, 2.45) is 5.73 Å². The van der Waals surface area contributed by atoms with Crippen molar-refractivity contribution in [1.29, 1.82) is 0 Å². The van der Waals surface area contributed by atoms with Crippen LogP contribution in [0.15, 0.2) is 35.8 Å². The van der Waals surface area contributed by atoms with Crippen LogP contribution in [0.25, 0.3) is 0 Å². The summed E-state index contributed by atoms with van der Waals surface area (Å²) in [6.07, 6.45) is 1.62. The zero-order valence-electron chi connectivity index (χ0n) is 9.21. The Bertz CT molecular complexity index is 568. The average molecular weight is 278 g/mol. The summed E-state index contributed by atoms with van der Waals surface area (Å²) < 4.78 is 0. The third-order valence-corrected chi connectivity index (χ3v) is 2.87. The molecule has 1 aromatic heterocycles. The van der Waals surface area contributed by atoms with Crippen LogP contribution < -0.4 is 16.4 Å². The Morgan fingerprint density at radius 3 is 2.78 bits per heavy atom. The molecule has 1 amide bonds. The van der Waals surface area contributed by atoms with Crippen LogP contribution >= 0.6 is 23.6 Å². The summed E-state index contributed by atoms with van der Waals surface area (Å²) in [6, 6.07) is 6.97. The first kappa shape index (κ1) is 12.5. The van der Waals surface area contributed by atoms with Crippen molar-refractivity contribution >= 4 is 45.4 Å². The molecule has 0 radical (unpaired) electrons. The minimum absolute atomic E-state index is 0.115. The quantitative estimate of drug-likeness (QED) is 0.749. The van der Waals surface area contributed by atoms with Crippen molar-refractivity contribution in [3.8, 4) is 0 Å². The summed E-state index contributed by atoms with van der Waals surface area (Å²) in [5, 5.41) is 7.91. The van der Waals surface area contributed by atoms with E-state index in [1.807, 2.05) is 0 Å². The van der Waals surface area contributed by atoms with Crippen molar-refractivity contribution in [2.45, 2.75) is 0 Å². The number of para-hydroxylation sites is 1. The van der Waals surface area contributed by atoms with E-state index in [4.69, 9.17) is 18.0 Å². The second-order valence-electron chi connectivity index (χ2n) is 3.33. The van der Waals surface area contributed by atoms with Gasteiger partial charge in [0.15, 0.2) is 10.2 Å². The van der Waals surface area contributed by atoms with Gasteiger partial charge in [-0.15, -0.1) is 11.3 Å². The zero-order chi connectivity index (χ0) is 13.0. The molecule has 18 heavy (non-hydrogen) atoms. The lowest BCUT2D eigenvalue weighted by Gasteiger charge is -2.09. The molecule has 92 valence electrons. The Hall–Kier alpha value is -1.99. The molecule has 4 N–H and O–H groups in total. The van der Waals surface area contributed by atoms with Gasteiger partial charge in [0, 0.05) is 11.6 Å². The number of nitrogens with two attached hydrogens (primary N) is 1. The Kier molecular flexibility index (Phi) is 3.85. The van der Waals surface area contributed by atoms with Crippen molar-refractivity contribution in [3.05, 3.63) is 41.4 Å². The number of thiazole rings is 1. The number of aromatic nitrogens is 1. The van der Waals surface area contributed by atoms with E-state index in [1.54, 1.807) is 35.8 Å². The van der Waals surface area contributed by atoms with Gasteiger partial charge < -0.3 is 11.1 Å². The van der Waals surface area contributed by atoms with E-state index in [0.29, 0.717) is 16.4 Å². The van der Waals surface area contributed by atoms with Gasteiger partial charge in [0.25, 0.3) is 5.91 Å². The average Bonchev–Trinajstić information content (AvgIpc) is 2.81. The number of rotatable bonds is 3. The number of anilines is 2. The van der Waals surface area contributed by atoms with Gasteiger partial charge in [0.2, 0.25) is 0 Å². The Morgan fingerprint density at radius 1 is 1.33 bits per heavy atom. The van der Waals surface area contributed by atoms with Crippen LogP contribution in [-0.4, -0.2) is 16.0 Å². The molecule has 0 bridgehead atoms. The highest BCUT2D eigenvalue weighted by Gasteiger charge is 2.12. The number of nitrogens with one attached hydrogen (secondary N) is 2. The van der Waals surface area contributed by atoms with Crippen molar-refractivity contribution in [3.63, 3.8) is 0 Å². The number of hydrogen-bond acceptors (Lipinski definition) is 4. The molecule has 0 spiro atoms. The highest BCUT2D eigenvalue weighted by molar-refractivity contribution is 7.80. The Balaban J connectivity index is 2.21. The van der Waals surface area contributed by atoms with Gasteiger partial charge in [-0.25, -0.2) is 4.98 Å². The molecular formula is C11H10N4OS2. The van der Waals surface area contributed by atoms with E-state index in [9.17, 15) is 4.79 Å². The molecule has 0 saturated heterocycles. The number of hydrogen-bond donors (Lipinski definition) is 3. The van der Waals surface area contributed by atoms with Crippen LogP contribution in [0.1, 0.15) is 10.4 Å². The summed E-state index contributed by atoms with van der Waals surface area (Å²) in [7, 11) is 0. The maximum atomic E-state index is 12.0. The lowest BCUT2D eigenvalue weighted by Crippen LogP contribution is -2.22. The van der Waals surface area contributed by atoms with Gasteiger partial charge >= 0.3 is 0 Å². The number of carbonyl (C=O) groups is 1. The zero-order valence-corrected chi connectivity index (χ0v) is 10.8. The van der Waals surface area contributed by atoms with Crippen molar-refractivity contribution in [1.82, 2.24) is 4.98 Å². The number of amides is 1. The molecular weight excluding hydrogens is 268 g/mol. The molecule has 1 heterocycles. The molecule has 0 atom stereocenters. The molecule has 7 heteroatoms. The summed E-state index contributed by atoms with van der Waals surface area (Å²) in [5.41, 5.74) is 6.44. The minimum atomic E-state index is -0.260. The number of thiocarbonyl (C=S) groups is 1. The topological polar surface area (TPSA) is 80.0 Å². The number of carbonyl (C=O) groups excluding carboxylic acids is 1. The summed E-state index contributed by atoms with van der Waals surface area (Å²) in [6.45, 7) is 0. The van der Waals surface area contributed by atoms with Gasteiger partial charge in [-0.05, 0) is 24.4 Å². The fourth-order valence-corrected chi connectivity index (χ4v) is 2.01. The molecule has 1 aromatic carbocycles. The van der Waals surface area contributed by atoms with Gasteiger partial charge in [-0.1, -0.05) is 12.1 Å². The first-order valence-electron chi connectivity index (χ1n) is 5.03. The summed E-state index contributed by atoms with van der Waals surface area (Å²) >= 11 is 6.12. The smallest absolute Gasteiger partial charge is 0.259 e. The molecule has 0 fully saturated rings. The summed E-state index contributed by atoms with van der Waals surface area (Å²) in [5.74, 6) is -0.260. The van der Waals surface area contributed by atoms with E-state index < -0.39 is 0 Å². The first-order chi connectivity index (χ1) is 8.66. The Labute approximate surface area is 113 Å². The normalized spacial score (nSPS) is 9.78. The highest BCUT2D eigenvalue weighted by atomic mass is 32.1. The predicted octanol–water partition coefficient (Wildman–Crippen LogP) is 2.05. The van der Waals surface area contributed by atoms with Crippen LogP contribution in [0, 0.1) is 0 Å². The predicted molar refractivity (Wildman–Crippen MR) is 76.9 cm³/mol. The fourth-order valence-electron chi connectivity index (χ4n) is 1.37. The SMILES string of the molecule is NC(=S)Nc1ccccc1C(=O)Nc1nccs1. The molecule has 0 aliphatic rings. The van der Waals surface area contributed by atoms with Crippen LogP contribution in [0.4, 0.5) is 10.8 Å². The third-order valence-electron chi connectivity index (χ3n) is 2.08. The van der Waals surface area contributed by atoms with Crippen LogP contribution in [0.5, 0.6) is 0 Å². The second kappa shape index (κ2) is 5.56. The molecule has 0 aliphatic carbocycles. The number of nitrogens with zero attached hydrogens (tertiary/aromatic N) is 1. The van der Waals surface area contributed by atoms with Crippen LogP contribution in [0.3, 0.4) is 0 Å². The van der Waals surface area contributed by atoms with Gasteiger partial charge in [-0.2, -0.15) is 0 Å². The lowest BCUT2D eigenvalue weighted by atomic mass is 10.1. The fraction of sp³-hybridized carbons (Fsp3) is 0. The van der Waals surface area contributed by atoms with E-state index in [0.717, 1.165) is 0 Å². The molecule has 2 aromatic rings. The van der Waals surface area contributed by atoms with Gasteiger partial charge in [-0.3, -0.25) is 10.1 Å². The maximum absolute atomic E-state index is 12.0. The van der Waals surface area contributed by atoms with Gasteiger partial charge in [0.1, 0.15) is 0 Å². The molecule has 5 nitrogen and oxygen atoms in total. The lowest BCUT2D eigenvalue weighted by molar-refractivity contribution is 0.102. The minimum Gasteiger partial charge on any atom is -0.376 e. The van der Waals surface area contributed by atoms with E-state index >= 15 is 0 Å². The van der Waals surface area contributed by atoms with Crippen LogP contribution in [0.2, 0.25) is 0 Å². The van der Waals surface area contributed by atoms with Gasteiger partial charge in [0.05, 0.1) is 11.3 Å². The first-order valence-corrected chi connectivity index (χ1v) is 6.32. The summed E-state index contributed by atoms with van der Waals surface area (Å²) in [4.78, 5) is 16.0. The number of benzene rings is 1. The molecule has 2 rings (SSSR count). The van der Waals surface area contributed by atoms with E-state index in [-0.39, 0.29) is 11.0 Å². The molecule has 0 aliphatic heterocycles. The maximum Gasteiger partial charge on any atom is 0.259 e.